The van der Waals surface area contributed by atoms with Crippen LogP contribution in [0.25, 0.3) is 0 Å². The van der Waals surface area contributed by atoms with Crippen LogP contribution in [0.3, 0.4) is 0 Å². The molecule has 0 aromatic rings. The fourth-order valence-corrected chi connectivity index (χ4v) is 1.56. The lowest BCUT2D eigenvalue weighted by atomic mass is 9.89. The molecule has 1 aliphatic rings. The number of nitrogens with one attached hydrogen (secondary N) is 1. The van der Waals surface area contributed by atoms with E-state index in [9.17, 15) is 14.7 Å². The number of esters is 1. The van der Waals surface area contributed by atoms with Crippen molar-refractivity contribution < 1.29 is 24.5 Å². The summed E-state index contributed by atoms with van der Waals surface area (Å²) in [5.74, 6) is -2.53. The second kappa shape index (κ2) is 4.39. The van der Waals surface area contributed by atoms with Crippen LogP contribution in [0.1, 0.15) is 6.42 Å². The van der Waals surface area contributed by atoms with E-state index in [0.717, 1.165) is 0 Å². The Balaban J connectivity index is 2.73. The van der Waals surface area contributed by atoms with Crippen molar-refractivity contribution in [1.29, 1.82) is 0 Å². The van der Waals surface area contributed by atoms with Gasteiger partial charge in [-0.3, -0.25) is 9.59 Å². The smallest absolute Gasteiger partial charge is 0.321 e. The summed E-state index contributed by atoms with van der Waals surface area (Å²) < 4.78 is 4.47. The van der Waals surface area contributed by atoms with Gasteiger partial charge in [0.05, 0.1) is 19.1 Å². The number of hydrogen-bond acceptors (Lipinski definition) is 5. The van der Waals surface area contributed by atoms with Gasteiger partial charge in [0, 0.05) is 6.54 Å². The highest BCUT2D eigenvalue weighted by molar-refractivity contribution is 5.83. The number of piperidine rings is 1. The van der Waals surface area contributed by atoms with Crippen molar-refractivity contribution >= 4 is 11.9 Å². The summed E-state index contributed by atoms with van der Waals surface area (Å²) in [6.07, 6.45) is -0.578. The van der Waals surface area contributed by atoms with Gasteiger partial charge in [0.2, 0.25) is 0 Å². The summed E-state index contributed by atoms with van der Waals surface area (Å²) in [6, 6.07) is -0.967. The van der Waals surface area contributed by atoms with Gasteiger partial charge in [-0.05, 0) is 6.42 Å². The minimum atomic E-state index is -1.10. The third kappa shape index (κ3) is 2.21. The Labute approximate surface area is 80.9 Å². The Morgan fingerprint density at radius 1 is 1.50 bits per heavy atom. The highest BCUT2D eigenvalue weighted by Gasteiger charge is 2.39. The monoisotopic (exact) mass is 203 g/mol. The molecule has 6 heteroatoms. The van der Waals surface area contributed by atoms with Gasteiger partial charge in [0.25, 0.3) is 0 Å². The van der Waals surface area contributed by atoms with Gasteiger partial charge in [0.15, 0.2) is 0 Å². The molecular weight excluding hydrogens is 190 g/mol. The van der Waals surface area contributed by atoms with Crippen LogP contribution in [0.5, 0.6) is 0 Å². The number of aliphatic carboxylic acids is 1. The van der Waals surface area contributed by atoms with Crippen LogP contribution < -0.4 is 5.32 Å². The third-order valence-corrected chi connectivity index (χ3v) is 2.27. The van der Waals surface area contributed by atoms with Crippen molar-refractivity contribution in [3.05, 3.63) is 0 Å². The van der Waals surface area contributed by atoms with E-state index in [2.05, 4.69) is 10.1 Å². The van der Waals surface area contributed by atoms with Gasteiger partial charge in [-0.1, -0.05) is 0 Å². The zero-order chi connectivity index (χ0) is 10.7. The molecule has 80 valence electrons. The van der Waals surface area contributed by atoms with E-state index in [-0.39, 0.29) is 13.0 Å². The molecule has 0 saturated carbocycles. The van der Waals surface area contributed by atoms with Gasteiger partial charge in [-0.25, -0.2) is 0 Å². The summed E-state index contributed by atoms with van der Waals surface area (Å²) in [6.45, 7) is 0.185. The van der Waals surface area contributed by atoms with Crippen LogP contribution in [0.15, 0.2) is 0 Å². The van der Waals surface area contributed by atoms with Crippen molar-refractivity contribution in [2.45, 2.75) is 18.6 Å². The first kappa shape index (κ1) is 10.9. The number of aliphatic hydroxyl groups excluding tert-OH is 1. The van der Waals surface area contributed by atoms with Gasteiger partial charge in [0.1, 0.15) is 6.04 Å². The largest absolute Gasteiger partial charge is 0.480 e. The second-order valence-electron chi connectivity index (χ2n) is 3.24. The third-order valence-electron chi connectivity index (χ3n) is 2.27. The molecule has 1 fully saturated rings. The van der Waals surface area contributed by atoms with Crippen molar-refractivity contribution in [2.75, 3.05) is 13.7 Å². The molecule has 3 unspecified atom stereocenters. The lowest BCUT2D eigenvalue weighted by molar-refractivity contribution is -0.156. The van der Waals surface area contributed by atoms with Crippen molar-refractivity contribution in [2.24, 2.45) is 5.92 Å². The minimum absolute atomic E-state index is 0.122. The molecule has 0 radical (unpaired) electrons. The van der Waals surface area contributed by atoms with E-state index in [1.54, 1.807) is 0 Å². The number of hydrogen-bond donors (Lipinski definition) is 3. The van der Waals surface area contributed by atoms with Crippen LogP contribution >= 0.6 is 0 Å². The number of carboxylic acids is 1. The first-order valence-corrected chi connectivity index (χ1v) is 4.28. The summed E-state index contributed by atoms with van der Waals surface area (Å²) >= 11 is 0. The quantitative estimate of drug-likeness (QED) is 0.477. The molecule has 0 aromatic heterocycles. The number of ether oxygens (including phenoxy) is 1. The van der Waals surface area contributed by atoms with E-state index in [1.807, 2.05) is 0 Å². The zero-order valence-electron chi connectivity index (χ0n) is 7.77. The maximum absolute atomic E-state index is 11.2. The number of carboxylic acid groups (broad SMARTS) is 1. The van der Waals surface area contributed by atoms with E-state index in [4.69, 9.17) is 5.11 Å². The van der Waals surface area contributed by atoms with Crippen LogP contribution in [0, 0.1) is 5.92 Å². The molecule has 1 aliphatic heterocycles. The molecule has 1 rings (SSSR count). The number of aliphatic hydroxyl groups is 1. The molecule has 0 aromatic carbocycles. The first-order valence-electron chi connectivity index (χ1n) is 4.28. The fraction of sp³-hybridized carbons (Fsp3) is 0.750. The van der Waals surface area contributed by atoms with E-state index < -0.39 is 30.0 Å². The summed E-state index contributed by atoms with van der Waals surface area (Å²) in [5, 5.41) is 20.6. The highest BCUT2D eigenvalue weighted by atomic mass is 16.5. The average molecular weight is 203 g/mol. The highest BCUT2D eigenvalue weighted by Crippen LogP contribution is 2.18. The van der Waals surface area contributed by atoms with Gasteiger partial charge >= 0.3 is 11.9 Å². The topological polar surface area (TPSA) is 95.9 Å². The normalized spacial score (nSPS) is 32.3. The maximum Gasteiger partial charge on any atom is 0.321 e. The Kier molecular flexibility index (Phi) is 3.43. The molecule has 3 atom stereocenters. The van der Waals surface area contributed by atoms with Crippen LogP contribution in [0.4, 0.5) is 0 Å². The zero-order valence-corrected chi connectivity index (χ0v) is 7.77. The van der Waals surface area contributed by atoms with Crippen LogP contribution in [0.2, 0.25) is 0 Å². The molecule has 0 amide bonds. The van der Waals surface area contributed by atoms with Gasteiger partial charge in [-0.2, -0.15) is 0 Å². The molecule has 14 heavy (non-hydrogen) atoms. The molecule has 0 aliphatic carbocycles. The molecular formula is C8H13NO5. The summed E-state index contributed by atoms with van der Waals surface area (Å²) in [7, 11) is 1.20. The molecule has 3 N–H and O–H groups in total. The lowest BCUT2D eigenvalue weighted by Crippen LogP contribution is -2.54. The number of methoxy groups -OCH3 is 1. The lowest BCUT2D eigenvalue weighted by Gasteiger charge is -2.30. The number of β-amino-alcohol motifs (C(OH)–C–C–N with tert-alkyl or cyclic N) is 1. The Bertz CT molecular complexity index is 242. The molecule has 1 saturated heterocycles. The Morgan fingerprint density at radius 3 is 2.64 bits per heavy atom. The first-order chi connectivity index (χ1) is 6.56. The predicted molar refractivity (Wildman–Crippen MR) is 45.6 cm³/mol. The standard InChI is InChI=1S/C8H13NO5/c1-14-8(13)5-2-4(10)3-9-6(5)7(11)12/h4-6,9-10H,2-3H2,1H3,(H,11,12). The van der Waals surface area contributed by atoms with E-state index >= 15 is 0 Å². The van der Waals surface area contributed by atoms with Crippen molar-refractivity contribution in [3.8, 4) is 0 Å². The van der Waals surface area contributed by atoms with E-state index in [0.29, 0.717) is 0 Å². The summed E-state index contributed by atoms with van der Waals surface area (Å²) in [4.78, 5) is 21.9. The maximum atomic E-state index is 11.2. The average Bonchev–Trinajstić information content (AvgIpc) is 2.16. The number of carbonyl (C=O) groups excluding carboxylic acids is 1. The Morgan fingerprint density at radius 2 is 2.14 bits per heavy atom. The summed E-state index contributed by atoms with van der Waals surface area (Å²) in [5.41, 5.74) is 0. The molecule has 0 bridgehead atoms. The number of carbonyl (C=O) groups is 2. The predicted octanol–water partition coefficient (Wildman–Crippen LogP) is -1.42. The molecule has 1 heterocycles. The fourth-order valence-electron chi connectivity index (χ4n) is 1.56. The second-order valence-corrected chi connectivity index (χ2v) is 3.24. The molecule has 6 nitrogen and oxygen atoms in total. The van der Waals surface area contributed by atoms with Gasteiger partial charge in [-0.15, -0.1) is 0 Å². The van der Waals surface area contributed by atoms with E-state index in [1.165, 1.54) is 7.11 Å². The van der Waals surface area contributed by atoms with Crippen molar-refractivity contribution in [3.63, 3.8) is 0 Å². The Hall–Kier alpha value is -1.14. The van der Waals surface area contributed by atoms with Crippen molar-refractivity contribution in [1.82, 2.24) is 5.32 Å². The van der Waals surface area contributed by atoms with Gasteiger partial charge < -0.3 is 20.3 Å². The SMILES string of the molecule is COC(=O)C1CC(O)CNC1C(=O)O. The van der Waals surface area contributed by atoms with Crippen LogP contribution in [-0.2, 0) is 14.3 Å². The van der Waals surface area contributed by atoms with Crippen LogP contribution in [-0.4, -0.2) is 48.0 Å². The molecule has 0 spiro atoms. The number of rotatable bonds is 2. The minimum Gasteiger partial charge on any atom is -0.480 e.